The first-order valence-electron chi connectivity index (χ1n) is 12.8. The highest BCUT2D eigenvalue weighted by molar-refractivity contribution is 6.05. The topological polar surface area (TPSA) is 46.2 Å². The molecule has 0 aliphatic rings. The molecule has 1 aromatic heterocycles. The predicted molar refractivity (Wildman–Crippen MR) is 159 cm³/mol. The maximum absolute atomic E-state index is 6.30. The van der Waals surface area contributed by atoms with Gasteiger partial charge in [-0.15, -0.1) is 0 Å². The SMILES string of the molecule is Cc1cc(C)c(Nc2ccccc2Nc2cccc(Oc3ccc4ccc5cccnc5c4c3)c2)c(C)c1. The molecule has 186 valence electrons. The molecular weight excluding hydrogens is 466 g/mol. The van der Waals surface area contributed by atoms with E-state index in [1.54, 1.807) is 0 Å². The van der Waals surface area contributed by atoms with Crippen LogP contribution in [-0.4, -0.2) is 4.98 Å². The van der Waals surface area contributed by atoms with Crippen LogP contribution in [0.15, 0.2) is 109 Å². The molecule has 0 saturated heterocycles. The number of ether oxygens (including phenoxy) is 1. The van der Waals surface area contributed by atoms with E-state index in [2.05, 4.69) is 91.0 Å². The fourth-order valence-corrected chi connectivity index (χ4v) is 5.05. The van der Waals surface area contributed by atoms with E-state index in [9.17, 15) is 0 Å². The number of aryl methyl sites for hydroxylation is 3. The summed E-state index contributed by atoms with van der Waals surface area (Å²) >= 11 is 0. The van der Waals surface area contributed by atoms with Gasteiger partial charge in [0.1, 0.15) is 11.5 Å². The summed E-state index contributed by atoms with van der Waals surface area (Å²) in [6.07, 6.45) is 1.83. The Morgan fingerprint density at radius 1 is 0.605 bits per heavy atom. The van der Waals surface area contributed by atoms with Gasteiger partial charge in [0.25, 0.3) is 0 Å². The first kappa shape index (κ1) is 23.6. The normalized spacial score (nSPS) is 11.0. The molecule has 2 N–H and O–H groups in total. The highest BCUT2D eigenvalue weighted by Gasteiger charge is 2.09. The van der Waals surface area contributed by atoms with Crippen LogP contribution in [0.25, 0.3) is 21.7 Å². The van der Waals surface area contributed by atoms with Gasteiger partial charge >= 0.3 is 0 Å². The summed E-state index contributed by atoms with van der Waals surface area (Å²) in [6, 6.07) is 35.1. The van der Waals surface area contributed by atoms with Crippen molar-refractivity contribution in [3.63, 3.8) is 0 Å². The van der Waals surface area contributed by atoms with Gasteiger partial charge in [0.2, 0.25) is 0 Å². The molecule has 0 radical (unpaired) electrons. The third kappa shape index (κ3) is 4.76. The Hall–Kier alpha value is -4.83. The Morgan fingerprint density at radius 3 is 2.13 bits per heavy atom. The van der Waals surface area contributed by atoms with Crippen molar-refractivity contribution in [1.82, 2.24) is 4.98 Å². The van der Waals surface area contributed by atoms with Crippen molar-refractivity contribution in [2.24, 2.45) is 0 Å². The highest BCUT2D eigenvalue weighted by atomic mass is 16.5. The van der Waals surface area contributed by atoms with Crippen molar-refractivity contribution in [3.05, 3.63) is 126 Å². The van der Waals surface area contributed by atoms with Gasteiger partial charge in [0.15, 0.2) is 0 Å². The molecule has 0 fully saturated rings. The minimum absolute atomic E-state index is 0.762. The summed E-state index contributed by atoms with van der Waals surface area (Å²) in [5.41, 5.74) is 8.80. The summed E-state index contributed by atoms with van der Waals surface area (Å²) in [5.74, 6) is 1.54. The van der Waals surface area contributed by atoms with Crippen LogP contribution >= 0.6 is 0 Å². The zero-order valence-electron chi connectivity index (χ0n) is 21.7. The average molecular weight is 496 g/mol. The summed E-state index contributed by atoms with van der Waals surface area (Å²) in [5, 5.41) is 10.6. The zero-order chi connectivity index (χ0) is 26.1. The van der Waals surface area contributed by atoms with Crippen LogP contribution in [0.2, 0.25) is 0 Å². The molecule has 38 heavy (non-hydrogen) atoms. The second kappa shape index (κ2) is 9.91. The van der Waals surface area contributed by atoms with E-state index in [0.717, 1.165) is 55.9 Å². The second-order valence-corrected chi connectivity index (χ2v) is 9.72. The third-order valence-electron chi connectivity index (χ3n) is 6.77. The lowest BCUT2D eigenvalue weighted by atomic mass is 10.0. The van der Waals surface area contributed by atoms with Crippen molar-refractivity contribution < 1.29 is 4.74 Å². The van der Waals surface area contributed by atoms with Crippen LogP contribution in [-0.2, 0) is 0 Å². The molecule has 0 bridgehead atoms. The number of para-hydroxylation sites is 2. The van der Waals surface area contributed by atoms with E-state index in [-0.39, 0.29) is 0 Å². The van der Waals surface area contributed by atoms with E-state index in [4.69, 9.17) is 4.74 Å². The number of nitrogens with one attached hydrogen (secondary N) is 2. The van der Waals surface area contributed by atoms with E-state index in [0.29, 0.717) is 0 Å². The average Bonchev–Trinajstić information content (AvgIpc) is 2.92. The van der Waals surface area contributed by atoms with Crippen molar-refractivity contribution >= 4 is 44.4 Å². The highest BCUT2D eigenvalue weighted by Crippen LogP contribution is 2.34. The molecule has 6 aromatic rings. The smallest absolute Gasteiger partial charge is 0.129 e. The first-order chi connectivity index (χ1) is 18.5. The molecule has 0 amide bonds. The summed E-state index contributed by atoms with van der Waals surface area (Å²) in [7, 11) is 0. The number of fused-ring (bicyclic) bond motifs is 3. The van der Waals surface area contributed by atoms with Crippen LogP contribution in [0.4, 0.5) is 22.7 Å². The molecule has 0 spiro atoms. The molecule has 5 aromatic carbocycles. The largest absolute Gasteiger partial charge is 0.457 e. The number of hydrogen-bond acceptors (Lipinski definition) is 4. The molecule has 1 heterocycles. The number of aromatic nitrogens is 1. The van der Waals surface area contributed by atoms with Gasteiger partial charge < -0.3 is 15.4 Å². The van der Waals surface area contributed by atoms with Crippen LogP contribution in [0, 0.1) is 20.8 Å². The Labute approximate surface area is 222 Å². The number of rotatable bonds is 6. The van der Waals surface area contributed by atoms with Crippen molar-refractivity contribution in [1.29, 1.82) is 0 Å². The molecule has 4 nitrogen and oxygen atoms in total. The lowest BCUT2D eigenvalue weighted by Gasteiger charge is -2.18. The Balaban J connectivity index is 1.26. The van der Waals surface area contributed by atoms with Crippen molar-refractivity contribution in [2.45, 2.75) is 20.8 Å². The molecule has 0 aliphatic carbocycles. The molecular formula is C34H29N3O. The lowest BCUT2D eigenvalue weighted by molar-refractivity contribution is 0.484. The lowest BCUT2D eigenvalue weighted by Crippen LogP contribution is -2.01. The van der Waals surface area contributed by atoms with Crippen LogP contribution in [0.1, 0.15) is 16.7 Å². The van der Waals surface area contributed by atoms with Gasteiger partial charge in [-0.05, 0) is 79.7 Å². The second-order valence-electron chi connectivity index (χ2n) is 9.72. The van der Waals surface area contributed by atoms with Gasteiger partial charge in [-0.2, -0.15) is 0 Å². The Kier molecular flexibility index (Phi) is 6.14. The third-order valence-corrected chi connectivity index (χ3v) is 6.77. The Morgan fingerprint density at radius 2 is 1.32 bits per heavy atom. The number of pyridine rings is 1. The number of anilines is 4. The van der Waals surface area contributed by atoms with E-state index in [1.807, 2.05) is 54.7 Å². The van der Waals surface area contributed by atoms with E-state index >= 15 is 0 Å². The van der Waals surface area contributed by atoms with Gasteiger partial charge in [-0.1, -0.05) is 60.2 Å². The van der Waals surface area contributed by atoms with Crippen LogP contribution < -0.4 is 15.4 Å². The fourth-order valence-electron chi connectivity index (χ4n) is 5.05. The summed E-state index contributed by atoms with van der Waals surface area (Å²) in [6.45, 7) is 6.42. The summed E-state index contributed by atoms with van der Waals surface area (Å²) < 4.78 is 6.30. The maximum atomic E-state index is 6.30. The number of nitrogens with zero attached hydrogens (tertiary/aromatic N) is 1. The predicted octanol–water partition coefficient (Wildman–Crippen LogP) is 9.59. The standard InChI is InChI=1S/C34H29N3O/c1-22-18-23(2)33(24(3)19-22)37-32-12-5-4-11-31(32)36-27-9-6-10-28(20-27)38-29-16-15-25-13-14-26-8-7-17-35-34(26)30(25)21-29/h4-21,36-37H,1-3H3. The quantitative estimate of drug-likeness (QED) is 0.226. The Bertz CT molecular complexity index is 1770. The molecule has 0 atom stereocenters. The van der Waals surface area contributed by atoms with Gasteiger partial charge in [0, 0.05) is 34.4 Å². The van der Waals surface area contributed by atoms with Gasteiger partial charge in [0.05, 0.1) is 16.9 Å². The van der Waals surface area contributed by atoms with E-state index < -0.39 is 0 Å². The first-order valence-corrected chi connectivity index (χ1v) is 12.8. The van der Waals surface area contributed by atoms with Crippen LogP contribution in [0.5, 0.6) is 11.5 Å². The molecule has 6 rings (SSSR count). The van der Waals surface area contributed by atoms with Crippen molar-refractivity contribution in [2.75, 3.05) is 10.6 Å². The van der Waals surface area contributed by atoms with Gasteiger partial charge in [-0.25, -0.2) is 0 Å². The summed E-state index contributed by atoms with van der Waals surface area (Å²) in [4.78, 5) is 4.60. The zero-order valence-corrected chi connectivity index (χ0v) is 21.7. The van der Waals surface area contributed by atoms with E-state index in [1.165, 1.54) is 16.7 Å². The number of hydrogen-bond donors (Lipinski definition) is 2. The molecule has 0 aliphatic heterocycles. The van der Waals surface area contributed by atoms with Gasteiger partial charge in [-0.3, -0.25) is 4.98 Å². The van der Waals surface area contributed by atoms with Crippen molar-refractivity contribution in [3.8, 4) is 11.5 Å². The number of benzene rings is 5. The molecule has 0 unspecified atom stereocenters. The minimum atomic E-state index is 0.762. The maximum Gasteiger partial charge on any atom is 0.129 e. The fraction of sp³-hybridized carbons (Fsp3) is 0.0882. The van der Waals surface area contributed by atoms with Crippen LogP contribution in [0.3, 0.4) is 0 Å². The molecule has 0 saturated carbocycles. The monoisotopic (exact) mass is 495 g/mol. The minimum Gasteiger partial charge on any atom is -0.457 e. The molecule has 4 heteroatoms.